The van der Waals surface area contributed by atoms with Crippen LogP contribution in [0.3, 0.4) is 0 Å². The zero-order valence-corrected chi connectivity index (χ0v) is 12.2. The molecule has 0 radical (unpaired) electrons. The van der Waals surface area contributed by atoms with Crippen LogP contribution in [-0.2, 0) is 6.42 Å². The Kier molecular flexibility index (Phi) is 4.85. The molecule has 0 aliphatic heterocycles. The van der Waals surface area contributed by atoms with E-state index in [0.717, 1.165) is 0 Å². The summed E-state index contributed by atoms with van der Waals surface area (Å²) in [6.45, 7) is 0. The van der Waals surface area contributed by atoms with Crippen molar-refractivity contribution in [3.05, 3.63) is 56.0 Å². The molecule has 0 fully saturated rings. The first-order chi connectivity index (χ1) is 9.86. The lowest BCUT2D eigenvalue weighted by atomic mass is 10.0. The van der Waals surface area contributed by atoms with E-state index in [4.69, 9.17) is 11.6 Å². The molecule has 2 aromatic rings. The molecule has 114 valence electrons. The summed E-state index contributed by atoms with van der Waals surface area (Å²) in [5.74, 6) is -9.72. The maximum absolute atomic E-state index is 13.8. The molecule has 0 aliphatic carbocycles. The summed E-state index contributed by atoms with van der Waals surface area (Å²) >= 11 is 6.92. The van der Waals surface area contributed by atoms with Crippen LogP contribution >= 0.6 is 22.9 Å². The van der Waals surface area contributed by atoms with Gasteiger partial charge in [-0.2, -0.15) is 0 Å². The van der Waals surface area contributed by atoms with Gasteiger partial charge in [-0.15, -0.1) is 11.3 Å². The van der Waals surface area contributed by atoms with Crippen molar-refractivity contribution in [2.45, 2.75) is 12.5 Å². The van der Waals surface area contributed by atoms with Gasteiger partial charge in [-0.3, -0.25) is 0 Å². The van der Waals surface area contributed by atoms with E-state index in [-0.39, 0.29) is 6.42 Å². The third-order valence-corrected chi connectivity index (χ3v) is 4.23. The first-order valence-electron chi connectivity index (χ1n) is 5.79. The highest BCUT2D eigenvalue weighted by atomic mass is 35.5. The number of hydrogen-bond donors (Lipinski definition) is 1. The summed E-state index contributed by atoms with van der Waals surface area (Å²) in [5.41, 5.74) is -0.876. The molecule has 1 N–H and O–H groups in total. The third kappa shape index (κ3) is 3.04. The monoisotopic (exact) mass is 341 g/mol. The Morgan fingerprint density at radius 2 is 1.52 bits per heavy atom. The Labute approximate surface area is 126 Å². The van der Waals surface area contributed by atoms with Crippen LogP contribution in [0.1, 0.15) is 16.5 Å². The second-order valence-corrected chi connectivity index (χ2v) is 6.03. The molecule has 1 heterocycles. The minimum Gasteiger partial charge on any atom is -0.313 e. The van der Waals surface area contributed by atoms with E-state index in [1.165, 1.54) is 18.4 Å². The number of likely N-dealkylation sites (N-methyl/N-ethyl adjacent to an activating group) is 1. The van der Waals surface area contributed by atoms with E-state index < -0.39 is 40.7 Å². The third-order valence-electron chi connectivity index (χ3n) is 2.97. The SMILES string of the molecule is CNC(Cc1ccc(Cl)s1)c1c(F)c(F)c(F)c(F)c1F. The summed E-state index contributed by atoms with van der Waals surface area (Å²) in [5, 5.41) is 2.56. The molecular formula is C13H9ClF5NS. The Balaban J connectivity index is 2.47. The smallest absolute Gasteiger partial charge is 0.200 e. The number of hydrogen-bond acceptors (Lipinski definition) is 2. The molecule has 0 saturated carbocycles. The predicted octanol–water partition coefficient (Wildman–Crippen LogP) is 4.60. The van der Waals surface area contributed by atoms with Crippen molar-refractivity contribution in [2.24, 2.45) is 0 Å². The number of rotatable bonds is 4. The zero-order valence-electron chi connectivity index (χ0n) is 10.6. The normalized spacial score (nSPS) is 12.7. The summed E-state index contributed by atoms with van der Waals surface area (Å²) in [6.07, 6.45) is 0.0479. The fourth-order valence-electron chi connectivity index (χ4n) is 1.94. The highest BCUT2D eigenvalue weighted by Gasteiger charge is 2.30. The van der Waals surface area contributed by atoms with Crippen LogP contribution in [0.25, 0.3) is 0 Å². The number of benzene rings is 1. The van der Waals surface area contributed by atoms with E-state index >= 15 is 0 Å². The van der Waals surface area contributed by atoms with Gasteiger partial charge in [0.1, 0.15) is 0 Å². The zero-order chi connectivity index (χ0) is 15.7. The second kappa shape index (κ2) is 6.29. The molecule has 1 aromatic heterocycles. The van der Waals surface area contributed by atoms with Gasteiger partial charge in [-0.1, -0.05) is 11.6 Å². The van der Waals surface area contributed by atoms with Crippen LogP contribution in [0.4, 0.5) is 22.0 Å². The van der Waals surface area contributed by atoms with Gasteiger partial charge < -0.3 is 5.32 Å². The average molecular weight is 342 g/mol. The average Bonchev–Trinajstić information content (AvgIpc) is 2.87. The fraction of sp³-hybridized carbons (Fsp3) is 0.231. The van der Waals surface area contributed by atoms with Gasteiger partial charge in [-0.05, 0) is 19.2 Å². The summed E-state index contributed by atoms with van der Waals surface area (Å²) in [7, 11) is 1.37. The first-order valence-corrected chi connectivity index (χ1v) is 6.99. The van der Waals surface area contributed by atoms with E-state index in [2.05, 4.69) is 5.32 Å². The molecule has 0 saturated heterocycles. The van der Waals surface area contributed by atoms with E-state index in [0.29, 0.717) is 9.21 Å². The van der Waals surface area contributed by atoms with Gasteiger partial charge in [0.15, 0.2) is 23.3 Å². The minimum absolute atomic E-state index is 0.0479. The summed E-state index contributed by atoms with van der Waals surface area (Å²) < 4.78 is 67.5. The van der Waals surface area contributed by atoms with E-state index in [1.54, 1.807) is 12.1 Å². The highest BCUT2D eigenvalue weighted by molar-refractivity contribution is 7.16. The van der Waals surface area contributed by atoms with Crippen LogP contribution < -0.4 is 5.32 Å². The van der Waals surface area contributed by atoms with Crippen molar-refractivity contribution in [3.8, 4) is 0 Å². The molecule has 0 spiro atoms. The lowest BCUT2D eigenvalue weighted by Gasteiger charge is -2.18. The molecular weight excluding hydrogens is 333 g/mol. The standard InChI is InChI=1S/C13H9ClF5NS/c1-20-6(4-5-2-3-7(14)21-5)8-9(15)11(17)13(19)12(18)10(8)16/h2-3,6,20H,4H2,1H3. The van der Waals surface area contributed by atoms with Crippen LogP contribution in [0.5, 0.6) is 0 Å². The number of halogens is 6. The molecule has 0 aliphatic rings. The molecule has 1 aromatic carbocycles. The Morgan fingerprint density at radius 3 is 1.95 bits per heavy atom. The minimum atomic E-state index is -2.16. The Hall–Kier alpha value is -1.18. The lowest BCUT2D eigenvalue weighted by molar-refractivity contribution is 0.358. The molecule has 8 heteroatoms. The Morgan fingerprint density at radius 1 is 1.00 bits per heavy atom. The quantitative estimate of drug-likeness (QED) is 0.487. The molecule has 2 rings (SSSR count). The van der Waals surface area contributed by atoms with Gasteiger partial charge in [0.2, 0.25) is 5.82 Å². The molecule has 1 atom stereocenters. The van der Waals surface area contributed by atoms with Crippen LogP contribution in [-0.4, -0.2) is 7.05 Å². The van der Waals surface area contributed by atoms with Gasteiger partial charge in [0.25, 0.3) is 0 Å². The second-order valence-electron chi connectivity index (χ2n) is 4.23. The van der Waals surface area contributed by atoms with Gasteiger partial charge in [-0.25, -0.2) is 22.0 Å². The maximum atomic E-state index is 13.8. The van der Waals surface area contributed by atoms with Crippen molar-refractivity contribution >= 4 is 22.9 Å². The highest BCUT2D eigenvalue weighted by Crippen LogP contribution is 2.31. The molecule has 1 unspecified atom stereocenters. The summed E-state index contributed by atoms with van der Waals surface area (Å²) in [6, 6.07) is 2.15. The van der Waals surface area contributed by atoms with Crippen molar-refractivity contribution in [2.75, 3.05) is 7.05 Å². The maximum Gasteiger partial charge on any atom is 0.200 e. The van der Waals surface area contributed by atoms with Crippen LogP contribution in [0.2, 0.25) is 4.34 Å². The molecule has 1 nitrogen and oxygen atoms in total. The van der Waals surface area contributed by atoms with Crippen molar-refractivity contribution in [1.29, 1.82) is 0 Å². The van der Waals surface area contributed by atoms with E-state index in [1.807, 2.05) is 0 Å². The van der Waals surface area contributed by atoms with Gasteiger partial charge >= 0.3 is 0 Å². The van der Waals surface area contributed by atoms with Gasteiger partial charge in [0.05, 0.1) is 4.34 Å². The Bertz CT molecular complexity index is 644. The van der Waals surface area contributed by atoms with Crippen molar-refractivity contribution in [1.82, 2.24) is 5.32 Å². The number of nitrogens with one attached hydrogen (secondary N) is 1. The lowest BCUT2D eigenvalue weighted by Crippen LogP contribution is -2.23. The first kappa shape index (κ1) is 16.2. The molecule has 21 heavy (non-hydrogen) atoms. The van der Waals surface area contributed by atoms with Crippen molar-refractivity contribution in [3.63, 3.8) is 0 Å². The largest absolute Gasteiger partial charge is 0.313 e. The number of thiophene rings is 1. The van der Waals surface area contributed by atoms with Crippen LogP contribution in [0.15, 0.2) is 12.1 Å². The molecule has 0 bridgehead atoms. The fourth-order valence-corrected chi connectivity index (χ4v) is 3.07. The van der Waals surface area contributed by atoms with Gasteiger partial charge in [0, 0.05) is 22.9 Å². The summed E-state index contributed by atoms with van der Waals surface area (Å²) in [4.78, 5) is 0.656. The van der Waals surface area contributed by atoms with Crippen LogP contribution in [0, 0.1) is 29.1 Å². The topological polar surface area (TPSA) is 12.0 Å². The van der Waals surface area contributed by atoms with E-state index in [9.17, 15) is 22.0 Å². The van der Waals surface area contributed by atoms with Crippen molar-refractivity contribution < 1.29 is 22.0 Å². The predicted molar refractivity (Wildman–Crippen MR) is 71.1 cm³/mol. The molecule has 0 amide bonds.